The summed E-state index contributed by atoms with van der Waals surface area (Å²) < 4.78 is 0. The van der Waals surface area contributed by atoms with E-state index in [0.717, 1.165) is 29.8 Å². The molecule has 0 atom stereocenters. The molecule has 0 bridgehead atoms. The zero-order valence-corrected chi connectivity index (χ0v) is 24.7. The Kier molecular flexibility index (Phi) is 12.4. The van der Waals surface area contributed by atoms with E-state index >= 15 is 0 Å². The van der Waals surface area contributed by atoms with Crippen LogP contribution in [-0.4, -0.2) is 22.5 Å². The van der Waals surface area contributed by atoms with Gasteiger partial charge < -0.3 is 4.90 Å². The van der Waals surface area contributed by atoms with Crippen molar-refractivity contribution in [3.8, 4) is 0 Å². The minimum atomic E-state index is -0.0957. The molecule has 2 rings (SSSR count). The summed E-state index contributed by atoms with van der Waals surface area (Å²) in [6.45, 7) is 30.6. The summed E-state index contributed by atoms with van der Waals surface area (Å²) >= 11 is 0. The van der Waals surface area contributed by atoms with Crippen molar-refractivity contribution >= 4 is 13.6 Å². The van der Waals surface area contributed by atoms with Gasteiger partial charge in [0.15, 0.2) is 0 Å². The molecular weight excluding hydrogens is 470 g/mol. The number of aryl methyl sites for hydroxylation is 2. The average molecular weight is 521 g/mol. The Labute approximate surface area is 203 Å². The molecule has 0 amide bonds. The Morgan fingerprint density at radius 3 is 1.50 bits per heavy atom. The Morgan fingerprint density at radius 1 is 0.867 bits per heavy atom. The van der Waals surface area contributed by atoms with E-state index in [9.17, 15) is 0 Å². The minimum absolute atomic E-state index is 0. The van der Waals surface area contributed by atoms with E-state index in [2.05, 4.69) is 113 Å². The van der Waals surface area contributed by atoms with Gasteiger partial charge in [0, 0.05) is 19.1 Å². The number of rotatable bonds is 6. The van der Waals surface area contributed by atoms with Gasteiger partial charge in [-0.1, -0.05) is 52.3 Å². The third kappa shape index (κ3) is 7.89. The second-order valence-corrected chi connectivity index (χ2v) is 15.5. The summed E-state index contributed by atoms with van der Waals surface area (Å²) in [6, 6.07) is 6.77. The summed E-state index contributed by atoms with van der Waals surface area (Å²) in [5.74, 6) is 0. The van der Waals surface area contributed by atoms with E-state index in [4.69, 9.17) is 0 Å². The molecule has 1 nitrogen and oxygen atoms in total. The quantitative estimate of drug-likeness (QED) is 0.207. The number of anilines is 1. The topological polar surface area (TPSA) is 3.24 Å². The Balaban J connectivity index is 0.000000658. The van der Waals surface area contributed by atoms with Crippen molar-refractivity contribution in [1.82, 2.24) is 0 Å². The van der Waals surface area contributed by atoms with Crippen LogP contribution in [0, 0.1) is 12.0 Å². The van der Waals surface area contributed by atoms with Crippen molar-refractivity contribution < 1.29 is 19.5 Å². The fourth-order valence-electron chi connectivity index (χ4n) is 5.66. The molecule has 0 saturated carbocycles. The number of para-hydroxylation sites is 1. The molecule has 1 radical (unpaired) electrons. The molecule has 1 aliphatic heterocycles. The van der Waals surface area contributed by atoms with Crippen LogP contribution in [0.5, 0.6) is 0 Å². The van der Waals surface area contributed by atoms with Crippen LogP contribution < -0.4 is 4.90 Å². The van der Waals surface area contributed by atoms with Gasteiger partial charge in [0.1, 0.15) is 0 Å². The van der Waals surface area contributed by atoms with Gasteiger partial charge in [-0.05, 0) is 79.4 Å². The summed E-state index contributed by atoms with van der Waals surface area (Å²) in [5, 5.41) is 0. The normalized spacial score (nSPS) is 17.4. The fraction of sp³-hybridized carbons (Fsp3) is 0.741. The summed E-state index contributed by atoms with van der Waals surface area (Å²) in [7, 11) is -0.0957. The van der Waals surface area contributed by atoms with E-state index in [1.807, 2.05) is 0 Å². The molecule has 0 N–H and O–H groups in total. The molecule has 1 saturated heterocycles. The molecule has 1 fully saturated rings. The molecule has 3 heteroatoms. The first-order valence-electron chi connectivity index (χ1n) is 11.9. The van der Waals surface area contributed by atoms with Crippen molar-refractivity contribution in [1.29, 1.82) is 0 Å². The smallest absolute Gasteiger partial charge is 0.517 e. The van der Waals surface area contributed by atoms with Gasteiger partial charge in [-0.25, -0.2) is 6.54 Å². The zero-order chi connectivity index (χ0) is 22.6. The van der Waals surface area contributed by atoms with Gasteiger partial charge in [-0.15, -0.1) is 5.41 Å². The first-order chi connectivity index (χ1) is 13.3. The van der Waals surface area contributed by atoms with Crippen LogP contribution in [0.4, 0.5) is 5.69 Å². The molecular formula is C27H50NPRu+. The molecule has 0 aromatic heterocycles. The number of hydrogen-bond acceptors (Lipinski definition) is 1. The average Bonchev–Trinajstić information content (AvgIpc) is 2.80. The van der Waals surface area contributed by atoms with Crippen molar-refractivity contribution in [2.24, 2.45) is 5.41 Å². The number of hydrogen-bond donors (Lipinski definition) is 0. The minimum Gasteiger partial charge on any atom is -0.517 e. The van der Waals surface area contributed by atoms with Crippen molar-refractivity contribution in [3.63, 3.8) is 0 Å². The van der Waals surface area contributed by atoms with Crippen LogP contribution in [0.2, 0.25) is 0 Å². The van der Waals surface area contributed by atoms with Crippen LogP contribution in [0.15, 0.2) is 18.2 Å². The van der Waals surface area contributed by atoms with Crippen molar-refractivity contribution in [2.75, 3.05) is 4.90 Å². The van der Waals surface area contributed by atoms with Gasteiger partial charge in [0.25, 0.3) is 0 Å². The second kappa shape index (κ2) is 12.3. The van der Waals surface area contributed by atoms with Crippen LogP contribution in [0.3, 0.4) is 0 Å². The van der Waals surface area contributed by atoms with Gasteiger partial charge in [-0.3, -0.25) is 0 Å². The second-order valence-electron chi connectivity index (χ2n) is 11.1. The van der Waals surface area contributed by atoms with E-state index in [1.54, 1.807) is 0 Å². The molecule has 1 heterocycles. The molecule has 0 unspecified atom stereocenters. The first-order valence-corrected chi connectivity index (χ1v) is 13.6. The Morgan fingerprint density at radius 2 is 1.27 bits per heavy atom. The Hall–Kier alpha value is 0.0734. The van der Waals surface area contributed by atoms with Gasteiger partial charge in [-0.2, -0.15) is 0 Å². The largest absolute Gasteiger partial charge is 1.00 e. The standard InChI is InChI=1S/C18H28N.C9H21P.Ru/c1-7-14-10-9-11-15(8-2)16(14)19-13-17(3,4)12-18(19,5)6;1-7(2)10(8(3)4)9(5)6;/h9-11,13H,7-8,12H2,1-6H3;7-9H,1-6H3;/q-1;;+1/p+1. The summed E-state index contributed by atoms with van der Waals surface area (Å²) in [6.07, 6.45) is 3.41. The molecule has 0 spiro atoms. The first kappa shape index (κ1) is 30.1. The molecule has 175 valence electrons. The van der Waals surface area contributed by atoms with E-state index in [-0.39, 0.29) is 38.4 Å². The van der Waals surface area contributed by atoms with Crippen LogP contribution >= 0.6 is 7.92 Å². The number of benzene rings is 1. The third-order valence-electron chi connectivity index (χ3n) is 6.22. The Bertz CT molecular complexity index is 592. The number of nitrogens with zero attached hydrogens (tertiary/aromatic N) is 1. The van der Waals surface area contributed by atoms with Crippen LogP contribution in [0.25, 0.3) is 0 Å². The summed E-state index contributed by atoms with van der Waals surface area (Å²) in [4.78, 5) is 2.55. The van der Waals surface area contributed by atoms with Gasteiger partial charge in [0.05, 0.1) is 17.0 Å². The van der Waals surface area contributed by atoms with E-state index < -0.39 is 0 Å². The maximum atomic E-state index is 2.55. The monoisotopic (exact) mass is 521 g/mol. The SMILES string of the molecule is CC(C)[PH+](C(C)C)C(C)C.CCc1cccc(CC)c1N1[CH-]C(C)(C)CC1(C)C.[Ru+]. The van der Waals surface area contributed by atoms with Crippen molar-refractivity contribution in [3.05, 3.63) is 35.9 Å². The molecule has 1 aliphatic rings. The zero-order valence-electron chi connectivity index (χ0n) is 22.0. The molecule has 30 heavy (non-hydrogen) atoms. The van der Waals surface area contributed by atoms with Crippen molar-refractivity contribution in [2.45, 2.75) is 125 Å². The fourth-order valence-corrected chi connectivity index (χ4v) is 9.66. The van der Waals surface area contributed by atoms with Gasteiger partial charge >= 0.3 is 19.5 Å². The predicted octanol–water partition coefficient (Wildman–Crippen LogP) is 8.41. The predicted molar refractivity (Wildman–Crippen MR) is 138 cm³/mol. The molecule has 1 aromatic rings. The van der Waals surface area contributed by atoms with Crippen LogP contribution in [0.1, 0.15) is 101 Å². The van der Waals surface area contributed by atoms with Crippen LogP contribution in [-0.2, 0) is 32.3 Å². The van der Waals surface area contributed by atoms with Gasteiger partial charge in [0.2, 0.25) is 0 Å². The third-order valence-corrected chi connectivity index (χ3v) is 10.2. The van der Waals surface area contributed by atoms with E-state index in [1.165, 1.54) is 23.2 Å². The summed E-state index contributed by atoms with van der Waals surface area (Å²) in [5.41, 5.74) is 7.71. The van der Waals surface area contributed by atoms with E-state index in [0.29, 0.717) is 0 Å². The molecule has 1 aromatic carbocycles. The maximum Gasteiger partial charge on any atom is 1.00 e. The maximum absolute atomic E-state index is 2.55. The molecule has 0 aliphatic carbocycles.